The Labute approximate surface area is 191 Å². The van der Waals surface area contributed by atoms with Crippen LogP contribution in [0.15, 0.2) is 90.1 Å². The van der Waals surface area contributed by atoms with Crippen molar-refractivity contribution in [3.63, 3.8) is 0 Å². The maximum atomic E-state index is 13.0. The van der Waals surface area contributed by atoms with Crippen LogP contribution >= 0.6 is 0 Å². The Bertz CT molecular complexity index is 1150. The molecule has 0 saturated heterocycles. The zero-order chi connectivity index (χ0) is 23.1. The Kier molecular flexibility index (Phi) is 6.69. The number of carbonyl (C=O) groups excluding carboxylic acids is 1. The summed E-state index contributed by atoms with van der Waals surface area (Å²) in [5, 5.41) is 16.4. The molecular formula is C26H24N2O5. The average Bonchev–Trinajstić information content (AvgIpc) is 3.27. The largest absolute Gasteiger partial charge is 0.488 e. The van der Waals surface area contributed by atoms with Crippen molar-refractivity contribution in [3.8, 4) is 5.75 Å². The van der Waals surface area contributed by atoms with E-state index in [1.165, 1.54) is 0 Å². The van der Waals surface area contributed by atoms with Crippen LogP contribution in [0.25, 0.3) is 0 Å². The minimum atomic E-state index is -1.62. The van der Waals surface area contributed by atoms with E-state index in [0.717, 1.165) is 11.1 Å². The number of amides is 1. The first-order valence-corrected chi connectivity index (χ1v) is 10.6. The molecule has 0 fully saturated rings. The normalized spacial score (nSPS) is 17.0. The first kappa shape index (κ1) is 22.1. The smallest absolute Gasteiger partial charge is 0.308 e. The van der Waals surface area contributed by atoms with Crippen molar-refractivity contribution in [2.75, 3.05) is 0 Å². The van der Waals surface area contributed by atoms with E-state index in [4.69, 9.17) is 9.57 Å². The van der Waals surface area contributed by atoms with Crippen LogP contribution in [-0.2, 0) is 27.6 Å². The van der Waals surface area contributed by atoms with Gasteiger partial charge in [-0.25, -0.2) is 0 Å². The lowest BCUT2D eigenvalue weighted by molar-refractivity contribution is -0.156. The Morgan fingerprint density at radius 3 is 2.27 bits per heavy atom. The summed E-state index contributed by atoms with van der Waals surface area (Å²) < 4.78 is 6.00. The summed E-state index contributed by atoms with van der Waals surface area (Å²) in [7, 11) is 0. The summed E-state index contributed by atoms with van der Waals surface area (Å²) in [5.74, 6) is -1.08. The topological polar surface area (TPSA) is 97.2 Å². The number of hydrogen-bond donors (Lipinski definition) is 2. The predicted octanol–water partition coefficient (Wildman–Crippen LogP) is 3.92. The number of aliphatic carboxylic acids is 1. The van der Waals surface area contributed by atoms with Gasteiger partial charge in [0.2, 0.25) is 5.60 Å². The molecule has 0 aliphatic carbocycles. The minimum absolute atomic E-state index is 0.0195. The molecule has 33 heavy (non-hydrogen) atoms. The quantitative estimate of drug-likeness (QED) is 0.521. The second-order valence-corrected chi connectivity index (χ2v) is 7.81. The first-order valence-electron chi connectivity index (χ1n) is 10.6. The molecule has 4 rings (SSSR count). The van der Waals surface area contributed by atoms with Gasteiger partial charge in [0.1, 0.15) is 12.4 Å². The van der Waals surface area contributed by atoms with Crippen molar-refractivity contribution in [2.24, 2.45) is 5.16 Å². The van der Waals surface area contributed by atoms with Crippen LogP contribution in [-0.4, -0.2) is 28.3 Å². The highest BCUT2D eigenvalue weighted by atomic mass is 16.7. The highest BCUT2D eigenvalue weighted by molar-refractivity contribution is 6.07. The fourth-order valence-electron chi connectivity index (χ4n) is 3.67. The van der Waals surface area contributed by atoms with Crippen molar-refractivity contribution in [1.82, 2.24) is 5.32 Å². The number of rotatable bonds is 9. The fourth-order valence-corrected chi connectivity index (χ4v) is 3.67. The molecule has 1 aliphatic rings. The molecule has 168 valence electrons. The predicted molar refractivity (Wildman–Crippen MR) is 123 cm³/mol. The highest BCUT2D eigenvalue weighted by Crippen LogP contribution is 2.33. The molecule has 1 heterocycles. The van der Waals surface area contributed by atoms with Gasteiger partial charge in [-0.2, -0.15) is 0 Å². The average molecular weight is 444 g/mol. The standard InChI is InChI=1S/C26H24N2O5/c29-24(30)16-26(25(31)27-17-19-9-3-1-4-10-19)15-22(28-33-26)21-13-7-8-14-23(21)32-18-20-11-5-2-6-12-20/h1-14H,15-18H2,(H,27,31)(H,29,30). The van der Waals surface area contributed by atoms with Crippen LogP contribution < -0.4 is 10.1 Å². The molecule has 7 nitrogen and oxygen atoms in total. The van der Waals surface area contributed by atoms with Gasteiger partial charge in [-0.15, -0.1) is 0 Å². The third-order valence-corrected chi connectivity index (χ3v) is 5.37. The van der Waals surface area contributed by atoms with E-state index in [2.05, 4.69) is 10.5 Å². The van der Waals surface area contributed by atoms with Crippen LogP contribution in [0.5, 0.6) is 5.75 Å². The van der Waals surface area contributed by atoms with Crippen molar-refractivity contribution in [1.29, 1.82) is 0 Å². The number of benzene rings is 3. The van der Waals surface area contributed by atoms with E-state index in [-0.39, 0.29) is 13.0 Å². The highest BCUT2D eigenvalue weighted by Gasteiger charge is 2.49. The molecule has 1 atom stereocenters. The molecule has 1 amide bonds. The van der Waals surface area contributed by atoms with Gasteiger partial charge in [-0.1, -0.05) is 78.0 Å². The summed E-state index contributed by atoms with van der Waals surface area (Å²) in [6, 6.07) is 26.4. The minimum Gasteiger partial charge on any atom is -0.488 e. The molecule has 0 spiro atoms. The lowest BCUT2D eigenvalue weighted by atomic mass is 9.89. The zero-order valence-corrected chi connectivity index (χ0v) is 17.9. The van der Waals surface area contributed by atoms with E-state index in [0.29, 0.717) is 23.6 Å². The van der Waals surface area contributed by atoms with Crippen LogP contribution in [0.2, 0.25) is 0 Å². The molecule has 2 N–H and O–H groups in total. The molecule has 1 aliphatic heterocycles. The molecule has 0 aromatic heterocycles. The molecular weight excluding hydrogens is 420 g/mol. The third kappa shape index (κ3) is 5.38. The van der Waals surface area contributed by atoms with E-state index in [1.807, 2.05) is 84.9 Å². The molecule has 0 radical (unpaired) electrons. The zero-order valence-electron chi connectivity index (χ0n) is 17.9. The Morgan fingerprint density at radius 2 is 1.58 bits per heavy atom. The SMILES string of the molecule is O=C(O)CC1(C(=O)NCc2ccccc2)CC(c2ccccc2OCc2ccccc2)=NO1. The first-order chi connectivity index (χ1) is 16.1. The summed E-state index contributed by atoms with van der Waals surface area (Å²) >= 11 is 0. The number of nitrogens with zero attached hydrogens (tertiary/aromatic N) is 1. The van der Waals surface area contributed by atoms with Crippen LogP contribution in [0.4, 0.5) is 0 Å². The Balaban J connectivity index is 1.50. The van der Waals surface area contributed by atoms with Crippen molar-refractivity contribution in [2.45, 2.75) is 31.6 Å². The van der Waals surface area contributed by atoms with Gasteiger partial charge < -0.3 is 20.0 Å². The molecule has 0 saturated carbocycles. The van der Waals surface area contributed by atoms with E-state index in [1.54, 1.807) is 0 Å². The monoisotopic (exact) mass is 444 g/mol. The van der Waals surface area contributed by atoms with Gasteiger partial charge >= 0.3 is 5.97 Å². The van der Waals surface area contributed by atoms with Crippen molar-refractivity contribution in [3.05, 3.63) is 102 Å². The second-order valence-electron chi connectivity index (χ2n) is 7.81. The molecule has 1 unspecified atom stereocenters. The van der Waals surface area contributed by atoms with Gasteiger partial charge in [-0.3, -0.25) is 9.59 Å². The summed E-state index contributed by atoms with van der Waals surface area (Å²) in [6.45, 7) is 0.625. The van der Waals surface area contributed by atoms with Gasteiger partial charge in [0.05, 0.1) is 12.1 Å². The third-order valence-electron chi connectivity index (χ3n) is 5.37. The maximum absolute atomic E-state index is 13.0. The number of carbonyl (C=O) groups is 2. The van der Waals surface area contributed by atoms with Gasteiger partial charge in [0.15, 0.2) is 0 Å². The number of carboxylic acids is 1. The summed E-state index contributed by atoms with van der Waals surface area (Å²) in [4.78, 5) is 30.1. The summed E-state index contributed by atoms with van der Waals surface area (Å²) in [6.07, 6.45) is -0.487. The molecule has 7 heteroatoms. The van der Waals surface area contributed by atoms with Crippen molar-refractivity contribution >= 4 is 17.6 Å². The lowest BCUT2D eigenvalue weighted by Gasteiger charge is -2.23. The van der Waals surface area contributed by atoms with Gasteiger partial charge in [0, 0.05) is 18.5 Å². The number of carboxylic acid groups (broad SMARTS) is 1. The van der Waals surface area contributed by atoms with Crippen LogP contribution in [0, 0.1) is 0 Å². The van der Waals surface area contributed by atoms with Gasteiger partial charge in [-0.05, 0) is 23.3 Å². The fraction of sp³-hybridized carbons (Fsp3) is 0.192. The number of hydrogen-bond acceptors (Lipinski definition) is 5. The number of ether oxygens (including phenoxy) is 1. The number of para-hydroxylation sites is 1. The Morgan fingerprint density at radius 1 is 0.939 bits per heavy atom. The number of oxime groups is 1. The van der Waals surface area contributed by atoms with Gasteiger partial charge in [0.25, 0.3) is 5.91 Å². The second kappa shape index (κ2) is 9.99. The maximum Gasteiger partial charge on any atom is 0.308 e. The van der Waals surface area contributed by atoms with E-state index < -0.39 is 23.9 Å². The molecule has 0 bridgehead atoms. The number of nitrogens with one attached hydrogen (secondary N) is 1. The van der Waals surface area contributed by atoms with Crippen LogP contribution in [0.1, 0.15) is 29.5 Å². The van der Waals surface area contributed by atoms with Crippen LogP contribution in [0.3, 0.4) is 0 Å². The molecule has 3 aromatic rings. The molecule has 3 aromatic carbocycles. The van der Waals surface area contributed by atoms with E-state index in [9.17, 15) is 14.7 Å². The summed E-state index contributed by atoms with van der Waals surface area (Å²) in [5.41, 5.74) is 1.42. The Hall–Kier alpha value is -4.13. The van der Waals surface area contributed by atoms with E-state index >= 15 is 0 Å². The lowest BCUT2D eigenvalue weighted by Crippen LogP contribution is -2.48. The van der Waals surface area contributed by atoms with Crippen molar-refractivity contribution < 1.29 is 24.3 Å².